The van der Waals surface area contributed by atoms with E-state index in [1.807, 2.05) is 55.5 Å². The summed E-state index contributed by atoms with van der Waals surface area (Å²) in [5, 5.41) is 11.4. The summed E-state index contributed by atoms with van der Waals surface area (Å²) in [4.78, 5) is 28.4. The predicted octanol–water partition coefficient (Wildman–Crippen LogP) is 7.52. The van der Waals surface area contributed by atoms with Gasteiger partial charge in [-0.25, -0.2) is 0 Å². The first-order valence-corrected chi connectivity index (χ1v) is 13.3. The van der Waals surface area contributed by atoms with Crippen LogP contribution in [-0.4, -0.2) is 23.4 Å². The van der Waals surface area contributed by atoms with E-state index >= 15 is 0 Å². The van der Waals surface area contributed by atoms with Crippen LogP contribution in [0.3, 0.4) is 0 Å². The van der Waals surface area contributed by atoms with Crippen molar-refractivity contribution in [3.05, 3.63) is 101 Å². The van der Waals surface area contributed by atoms with Gasteiger partial charge in [-0.2, -0.15) is 0 Å². The van der Waals surface area contributed by atoms with E-state index in [9.17, 15) is 14.7 Å². The maximum absolute atomic E-state index is 13.5. The number of anilines is 1. The number of nitrogens with zero attached hydrogens (tertiary/aromatic N) is 1. The number of rotatable bonds is 7. The Morgan fingerprint density at radius 3 is 2.05 bits per heavy atom. The van der Waals surface area contributed by atoms with Crippen molar-refractivity contribution in [3.8, 4) is 5.75 Å². The normalized spacial score (nSPS) is 17.3. The zero-order valence-electron chi connectivity index (χ0n) is 23.1. The number of hydrogen-bond acceptors (Lipinski definition) is 4. The van der Waals surface area contributed by atoms with Crippen LogP contribution < -0.4 is 9.64 Å². The molecule has 1 amide bonds. The smallest absolute Gasteiger partial charge is 0.300 e. The molecule has 1 unspecified atom stereocenters. The molecule has 1 fully saturated rings. The molecule has 5 nitrogen and oxygen atoms in total. The lowest BCUT2D eigenvalue weighted by atomic mass is 9.85. The maximum Gasteiger partial charge on any atom is 0.300 e. The Kier molecular flexibility index (Phi) is 7.77. The molecule has 0 bridgehead atoms. The van der Waals surface area contributed by atoms with Gasteiger partial charge in [0.15, 0.2) is 0 Å². The van der Waals surface area contributed by atoms with Crippen molar-refractivity contribution in [2.24, 2.45) is 0 Å². The molecule has 4 rings (SSSR count). The van der Waals surface area contributed by atoms with Crippen molar-refractivity contribution >= 4 is 23.1 Å². The molecule has 0 radical (unpaired) electrons. The second-order valence-corrected chi connectivity index (χ2v) is 11.2. The summed E-state index contributed by atoms with van der Waals surface area (Å²) in [6.45, 7) is 13.3. The molecule has 3 aromatic rings. The second kappa shape index (κ2) is 10.9. The Morgan fingerprint density at radius 2 is 1.53 bits per heavy atom. The topological polar surface area (TPSA) is 66.8 Å². The van der Waals surface area contributed by atoms with Crippen LogP contribution in [0.25, 0.3) is 5.76 Å². The Balaban J connectivity index is 1.84. The third kappa shape index (κ3) is 5.38. The monoisotopic (exact) mass is 511 g/mol. The zero-order valence-corrected chi connectivity index (χ0v) is 23.1. The average molecular weight is 512 g/mol. The van der Waals surface area contributed by atoms with E-state index in [0.717, 1.165) is 23.1 Å². The Bertz CT molecular complexity index is 1330. The largest absolute Gasteiger partial charge is 0.507 e. The molecule has 0 spiro atoms. The van der Waals surface area contributed by atoms with Crippen LogP contribution in [0, 0.1) is 0 Å². The van der Waals surface area contributed by atoms with E-state index in [1.54, 1.807) is 24.3 Å². The van der Waals surface area contributed by atoms with Gasteiger partial charge in [0.25, 0.3) is 11.7 Å². The van der Waals surface area contributed by atoms with Gasteiger partial charge in [0.05, 0.1) is 18.2 Å². The highest BCUT2D eigenvalue weighted by atomic mass is 16.5. The molecular formula is C33H37NO4. The molecule has 1 aliphatic rings. The molecule has 0 saturated carbocycles. The molecule has 1 heterocycles. The van der Waals surface area contributed by atoms with Crippen molar-refractivity contribution < 1.29 is 19.4 Å². The van der Waals surface area contributed by atoms with Crippen LogP contribution in [0.4, 0.5) is 5.69 Å². The van der Waals surface area contributed by atoms with Gasteiger partial charge in [0.2, 0.25) is 0 Å². The zero-order chi connectivity index (χ0) is 27.6. The number of amides is 1. The third-order valence-corrected chi connectivity index (χ3v) is 6.98. The lowest BCUT2D eigenvalue weighted by Gasteiger charge is -2.27. The first-order chi connectivity index (χ1) is 18.0. The van der Waals surface area contributed by atoms with Crippen molar-refractivity contribution in [3.63, 3.8) is 0 Å². The van der Waals surface area contributed by atoms with Crippen LogP contribution in [0.5, 0.6) is 5.75 Å². The summed E-state index contributed by atoms with van der Waals surface area (Å²) >= 11 is 0. The molecule has 1 saturated heterocycles. The van der Waals surface area contributed by atoms with E-state index < -0.39 is 17.7 Å². The number of benzene rings is 3. The number of Topliss-reactive ketones (excluding diaryl/α,β-unsaturated/α-hetero) is 1. The van der Waals surface area contributed by atoms with Crippen LogP contribution in [0.1, 0.15) is 82.2 Å². The Hall–Kier alpha value is -3.86. The highest BCUT2D eigenvalue weighted by molar-refractivity contribution is 6.51. The summed E-state index contributed by atoms with van der Waals surface area (Å²) < 4.78 is 5.66. The molecule has 0 aliphatic carbocycles. The maximum atomic E-state index is 13.5. The summed E-state index contributed by atoms with van der Waals surface area (Å²) in [7, 11) is 0. The summed E-state index contributed by atoms with van der Waals surface area (Å²) in [6.07, 6.45) is 0.886. The highest BCUT2D eigenvalue weighted by Crippen LogP contribution is 2.43. The number of ether oxygens (including phenoxy) is 1. The van der Waals surface area contributed by atoms with Crippen LogP contribution in [0.2, 0.25) is 0 Å². The number of carbonyl (C=O) groups is 2. The fourth-order valence-electron chi connectivity index (χ4n) is 4.68. The number of hydrogen-bond donors (Lipinski definition) is 1. The van der Waals surface area contributed by atoms with Crippen molar-refractivity contribution in [2.45, 2.75) is 65.3 Å². The van der Waals surface area contributed by atoms with E-state index in [-0.39, 0.29) is 16.7 Å². The van der Waals surface area contributed by atoms with E-state index in [1.165, 1.54) is 4.90 Å². The molecule has 1 atom stereocenters. The van der Waals surface area contributed by atoms with Gasteiger partial charge >= 0.3 is 0 Å². The highest BCUT2D eigenvalue weighted by Gasteiger charge is 2.47. The van der Waals surface area contributed by atoms with Gasteiger partial charge in [0, 0.05) is 11.3 Å². The minimum absolute atomic E-state index is 0.0470. The molecular weight excluding hydrogens is 474 g/mol. The van der Waals surface area contributed by atoms with Gasteiger partial charge in [-0.15, -0.1) is 0 Å². The number of aliphatic hydroxyl groups excluding tert-OH is 1. The van der Waals surface area contributed by atoms with Gasteiger partial charge in [0.1, 0.15) is 11.5 Å². The van der Waals surface area contributed by atoms with Crippen molar-refractivity contribution in [1.29, 1.82) is 0 Å². The van der Waals surface area contributed by atoms with Crippen LogP contribution in [-0.2, 0) is 15.0 Å². The molecule has 0 aromatic heterocycles. The van der Waals surface area contributed by atoms with Crippen LogP contribution >= 0.6 is 0 Å². The quantitative estimate of drug-likeness (QED) is 0.202. The first-order valence-electron chi connectivity index (χ1n) is 13.3. The van der Waals surface area contributed by atoms with Gasteiger partial charge in [-0.05, 0) is 70.8 Å². The fourth-order valence-corrected chi connectivity index (χ4v) is 4.68. The van der Waals surface area contributed by atoms with Gasteiger partial charge in [-0.1, -0.05) is 77.9 Å². The van der Waals surface area contributed by atoms with Gasteiger partial charge < -0.3 is 9.84 Å². The summed E-state index contributed by atoms with van der Waals surface area (Å²) in [5.41, 5.74) is 4.14. The van der Waals surface area contributed by atoms with Crippen LogP contribution in [0.15, 0.2) is 78.4 Å². The molecule has 1 N–H and O–H groups in total. The third-order valence-electron chi connectivity index (χ3n) is 6.98. The molecule has 3 aromatic carbocycles. The lowest BCUT2D eigenvalue weighted by molar-refractivity contribution is -0.132. The number of ketones is 1. The SMILES string of the molecule is CCCOc1ccc(/C(O)=C2/C(=O)C(=O)N(c3ccc(C(C)C)cc3)C2c2ccc(C(C)(C)C)cc2)cc1. The number of aliphatic hydroxyl groups is 1. The Morgan fingerprint density at radius 1 is 0.921 bits per heavy atom. The van der Waals surface area contributed by atoms with E-state index in [0.29, 0.717) is 29.5 Å². The fraction of sp³-hybridized carbons (Fsp3) is 0.333. The molecule has 5 heteroatoms. The molecule has 1 aliphatic heterocycles. The minimum atomic E-state index is -0.759. The van der Waals surface area contributed by atoms with Crippen molar-refractivity contribution in [2.75, 3.05) is 11.5 Å². The molecule has 198 valence electrons. The summed E-state index contributed by atoms with van der Waals surface area (Å²) in [5.74, 6) is -0.534. The summed E-state index contributed by atoms with van der Waals surface area (Å²) in [6, 6.07) is 21.8. The molecule has 38 heavy (non-hydrogen) atoms. The minimum Gasteiger partial charge on any atom is -0.507 e. The average Bonchev–Trinajstić information content (AvgIpc) is 3.17. The number of carbonyl (C=O) groups excluding carboxylic acids is 2. The Labute approximate surface area is 225 Å². The second-order valence-electron chi connectivity index (χ2n) is 11.2. The van der Waals surface area contributed by atoms with Gasteiger partial charge in [-0.3, -0.25) is 14.5 Å². The van der Waals surface area contributed by atoms with E-state index in [4.69, 9.17) is 4.74 Å². The lowest BCUT2D eigenvalue weighted by Crippen LogP contribution is -2.29. The van der Waals surface area contributed by atoms with E-state index in [2.05, 4.69) is 34.6 Å². The first kappa shape index (κ1) is 27.2. The van der Waals surface area contributed by atoms with Crippen molar-refractivity contribution in [1.82, 2.24) is 0 Å². The predicted molar refractivity (Wildman–Crippen MR) is 153 cm³/mol. The standard InChI is InChI=1S/C33H37NO4/c1-7-20-38-27-18-12-24(13-19-27)30(35)28-29(23-8-14-25(15-9-23)33(4,5)6)34(32(37)31(28)36)26-16-10-22(11-17-26)21(2)3/h8-19,21,29,35H,7,20H2,1-6H3/b30-28-.